The number of para-hydroxylation sites is 1. The van der Waals surface area contributed by atoms with E-state index in [9.17, 15) is 0 Å². The first kappa shape index (κ1) is 7.39. The molecule has 1 aromatic carbocycles. The average Bonchev–Trinajstić information content (AvgIpc) is 2.55. The highest BCUT2D eigenvalue weighted by Gasteiger charge is 2.31. The summed E-state index contributed by atoms with van der Waals surface area (Å²) in [7, 11) is 0. The number of benzene rings is 1. The third kappa shape index (κ3) is 1.11. The molecule has 1 atom stereocenters. The molecule has 0 bridgehead atoms. The molecule has 0 aliphatic carbocycles. The van der Waals surface area contributed by atoms with Gasteiger partial charge < -0.3 is 0 Å². The van der Waals surface area contributed by atoms with Crippen molar-refractivity contribution in [1.29, 1.82) is 0 Å². The van der Waals surface area contributed by atoms with Crippen molar-refractivity contribution in [2.24, 2.45) is 15.5 Å². The number of nitrogens with zero attached hydrogens (tertiary/aromatic N) is 4. The van der Waals surface area contributed by atoms with Gasteiger partial charge in [-0.15, -0.1) is 0 Å². The summed E-state index contributed by atoms with van der Waals surface area (Å²) >= 11 is 6.02. The molecule has 4 nitrogen and oxygen atoms in total. The summed E-state index contributed by atoms with van der Waals surface area (Å²) in [6.45, 7) is 0. The lowest BCUT2D eigenvalue weighted by Gasteiger charge is -2.09. The fourth-order valence-electron chi connectivity index (χ4n) is 0.951. The molecular formula is C7H6ClN4+. The monoisotopic (exact) mass is 181 g/mol. The van der Waals surface area contributed by atoms with Crippen molar-refractivity contribution in [3.8, 4) is 0 Å². The first-order valence-corrected chi connectivity index (χ1v) is 3.76. The zero-order valence-corrected chi connectivity index (χ0v) is 6.89. The second-order valence-electron chi connectivity index (χ2n) is 2.35. The molecule has 0 fully saturated rings. The standard InChI is InChI=1S/C7H6ClN4/c8-12(6-9-10-11-12)7-4-2-1-3-5-7/h1-6H/q+1. The Balaban J connectivity index is 2.43. The predicted molar refractivity (Wildman–Crippen MR) is 47.4 cm³/mol. The third-order valence-electron chi connectivity index (χ3n) is 1.54. The minimum atomic E-state index is -0.221. The Morgan fingerprint density at radius 3 is 2.50 bits per heavy atom. The van der Waals surface area contributed by atoms with E-state index in [-0.39, 0.29) is 4.11 Å². The first-order valence-electron chi connectivity index (χ1n) is 3.42. The van der Waals surface area contributed by atoms with Gasteiger partial charge in [0.25, 0.3) is 6.34 Å². The fourth-order valence-corrected chi connectivity index (χ4v) is 1.13. The van der Waals surface area contributed by atoms with Crippen LogP contribution in [0.3, 0.4) is 0 Å². The summed E-state index contributed by atoms with van der Waals surface area (Å²) in [6.07, 6.45) is 1.46. The van der Waals surface area contributed by atoms with Crippen molar-refractivity contribution < 1.29 is 0 Å². The zero-order chi connectivity index (χ0) is 8.44. The molecule has 0 saturated carbocycles. The molecule has 5 heteroatoms. The molecule has 1 heterocycles. The molecule has 60 valence electrons. The Morgan fingerprint density at radius 1 is 1.17 bits per heavy atom. The largest absolute Gasteiger partial charge is 0.263 e. The maximum absolute atomic E-state index is 6.02. The number of rotatable bonds is 1. The van der Waals surface area contributed by atoms with Crippen molar-refractivity contribution in [2.45, 2.75) is 0 Å². The van der Waals surface area contributed by atoms with E-state index in [1.165, 1.54) is 6.34 Å². The van der Waals surface area contributed by atoms with E-state index in [4.69, 9.17) is 11.8 Å². The summed E-state index contributed by atoms with van der Waals surface area (Å²) in [5.41, 5.74) is 0.823. The lowest BCUT2D eigenvalue weighted by atomic mass is 10.3. The van der Waals surface area contributed by atoms with Gasteiger partial charge in [-0.1, -0.05) is 23.3 Å². The second kappa shape index (κ2) is 2.66. The smallest absolute Gasteiger partial charge is 0.0724 e. The third-order valence-corrected chi connectivity index (χ3v) is 1.89. The van der Waals surface area contributed by atoms with Crippen LogP contribution in [0.2, 0.25) is 0 Å². The van der Waals surface area contributed by atoms with Crippen LogP contribution in [0.1, 0.15) is 0 Å². The van der Waals surface area contributed by atoms with Gasteiger partial charge in [0.1, 0.15) is 0 Å². The van der Waals surface area contributed by atoms with Crippen LogP contribution in [-0.2, 0) is 0 Å². The molecule has 0 amide bonds. The van der Waals surface area contributed by atoms with Crippen LogP contribution in [0.25, 0.3) is 0 Å². The van der Waals surface area contributed by atoms with Gasteiger partial charge in [-0.05, 0) is 4.11 Å². The van der Waals surface area contributed by atoms with Gasteiger partial charge in [0.15, 0.2) is 5.69 Å². The molecule has 0 saturated heterocycles. The summed E-state index contributed by atoms with van der Waals surface area (Å²) in [5.74, 6) is 0. The fraction of sp³-hybridized carbons (Fsp3) is 0. The van der Waals surface area contributed by atoms with Crippen molar-refractivity contribution in [3.63, 3.8) is 0 Å². The highest BCUT2D eigenvalue weighted by atomic mass is 35.5. The summed E-state index contributed by atoms with van der Waals surface area (Å²) < 4.78 is -0.221. The predicted octanol–water partition coefficient (Wildman–Crippen LogP) is 2.47. The number of quaternary nitrogens is 1. The van der Waals surface area contributed by atoms with Crippen LogP contribution in [0.5, 0.6) is 0 Å². The molecule has 12 heavy (non-hydrogen) atoms. The number of halogens is 1. The lowest BCUT2D eigenvalue weighted by Crippen LogP contribution is -2.27. The highest BCUT2D eigenvalue weighted by Crippen LogP contribution is 2.27. The number of hydrogen-bond donors (Lipinski definition) is 0. The summed E-state index contributed by atoms with van der Waals surface area (Å²) in [6, 6.07) is 9.42. The Hall–Kier alpha value is -1.26. The molecule has 0 radical (unpaired) electrons. The first-order chi connectivity index (χ1) is 5.81. The van der Waals surface area contributed by atoms with E-state index in [2.05, 4.69) is 15.5 Å². The van der Waals surface area contributed by atoms with Crippen LogP contribution in [0, 0.1) is 0 Å². The van der Waals surface area contributed by atoms with Gasteiger partial charge in [0.05, 0.1) is 5.22 Å². The van der Waals surface area contributed by atoms with Gasteiger partial charge in [0, 0.05) is 17.4 Å². The Bertz CT molecular complexity index is 321. The van der Waals surface area contributed by atoms with Gasteiger partial charge in [0.2, 0.25) is 11.8 Å². The van der Waals surface area contributed by atoms with Crippen molar-refractivity contribution in [2.75, 3.05) is 0 Å². The van der Waals surface area contributed by atoms with Gasteiger partial charge in [-0.2, -0.15) is 0 Å². The van der Waals surface area contributed by atoms with Crippen LogP contribution < -0.4 is 4.11 Å². The van der Waals surface area contributed by atoms with Gasteiger partial charge in [-0.3, -0.25) is 0 Å². The van der Waals surface area contributed by atoms with E-state index in [0.29, 0.717) is 0 Å². The lowest BCUT2D eigenvalue weighted by molar-refractivity contribution is 0.669. The maximum Gasteiger partial charge on any atom is 0.263 e. The Kier molecular flexibility index (Phi) is 1.64. The second-order valence-corrected chi connectivity index (χ2v) is 2.86. The van der Waals surface area contributed by atoms with E-state index in [0.717, 1.165) is 5.69 Å². The molecule has 2 rings (SSSR count). The highest BCUT2D eigenvalue weighted by molar-refractivity contribution is 6.28. The summed E-state index contributed by atoms with van der Waals surface area (Å²) in [4.78, 5) is 0. The molecule has 0 spiro atoms. The molecule has 0 N–H and O–H groups in total. The van der Waals surface area contributed by atoms with Gasteiger partial charge >= 0.3 is 0 Å². The van der Waals surface area contributed by atoms with E-state index >= 15 is 0 Å². The quantitative estimate of drug-likeness (QED) is 0.597. The maximum atomic E-state index is 6.02. The minimum absolute atomic E-state index is 0.221. The minimum Gasteiger partial charge on any atom is -0.0724 e. The van der Waals surface area contributed by atoms with E-state index in [1.54, 1.807) is 0 Å². The van der Waals surface area contributed by atoms with Crippen molar-refractivity contribution in [3.05, 3.63) is 30.3 Å². The van der Waals surface area contributed by atoms with Crippen LogP contribution >= 0.6 is 11.8 Å². The molecule has 1 aromatic rings. The molecule has 1 aliphatic rings. The summed E-state index contributed by atoms with van der Waals surface area (Å²) in [5, 5.41) is 10.8. The van der Waals surface area contributed by atoms with Crippen LogP contribution in [-0.4, -0.2) is 6.34 Å². The number of hydrogen-bond acceptors (Lipinski definition) is 3. The zero-order valence-electron chi connectivity index (χ0n) is 6.13. The van der Waals surface area contributed by atoms with Crippen molar-refractivity contribution >= 4 is 23.8 Å². The average molecular weight is 182 g/mol. The topological polar surface area (TPSA) is 37.1 Å². The van der Waals surface area contributed by atoms with E-state index in [1.807, 2.05) is 30.3 Å². The Labute approximate surface area is 74.5 Å². The van der Waals surface area contributed by atoms with Crippen LogP contribution in [0.4, 0.5) is 5.69 Å². The van der Waals surface area contributed by atoms with E-state index < -0.39 is 0 Å². The van der Waals surface area contributed by atoms with Crippen molar-refractivity contribution in [1.82, 2.24) is 4.11 Å². The molecule has 1 unspecified atom stereocenters. The SMILES string of the molecule is Cl[N+]1(c2ccccc2)C=NN=N1. The molecule has 1 aliphatic heterocycles. The molecular weight excluding hydrogens is 176 g/mol. The van der Waals surface area contributed by atoms with Crippen LogP contribution in [0.15, 0.2) is 45.9 Å². The van der Waals surface area contributed by atoms with Gasteiger partial charge in [-0.25, -0.2) is 0 Å². The molecule has 0 aromatic heterocycles. The normalized spacial score (nSPS) is 26.4. The Morgan fingerprint density at radius 2 is 1.92 bits per heavy atom.